The molecule has 0 aliphatic carbocycles. The lowest BCUT2D eigenvalue weighted by Crippen LogP contribution is -2.35. The van der Waals surface area contributed by atoms with Gasteiger partial charge < -0.3 is 5.32 Å². The minimum atomic E-state index is 0.0354. The van der Waals surface area contributed by atoms with Gasteiger partial charge in [0.1, 0.15) is 0 Å². The average molecular weight is 249 g/mol. The van der Waals surface area contributed by atoms with Gasteiger partial charge >= 0.3 is 0 Å². The zero-order valence-corrected chi connectivity index (χ0v) is 12.3. The highest BCUT2D eigenvalue weighted by molar-refractivity contribution is 5.93. The number of hydrogen-bond acceptors (Lipinski definition) is 1. The Morgan fingerprint density at radius 3 is 2.22 bits per heavy atom. The Balaban J connectivity index is 4.39. The Morgan fingerprint density at radius 1 is 1.22 bits per heavy atom. The fourth-order valence-electron chi connectivity index (χ4n) is 1.72. The third-order valence-corrected chi connectivity index (χ3v) is 2.69. The molecule has 0 spiro atoms. The molecule has 0 heterocycles. The van der Waals surface area contributed by atoms with E-state index in [-0.39, 0.29) is 5.91 Å². The van der Waals surface area contributed by atoms with E-state index in [0.717, 1.165) is 36.8 Å². The zero-order valence-electron chi connectivity index (χ0n) is 12.3. The number of carbonyl (C=O) groups is 1. The summed E-state index contributed by atoms with van der Waals surface area (Å²) in [5.74, 6) is 0.0354. The molecule has 0 saturated carbocycles. The molecule has 0 radical (unpaired) electrons. The van der Waals surface area contributed by atoms with E-state index >= 15 is 0 Å². The van der Waals surface area contributed by atoms with Crippen LogP contribution in [0.25, 0.3) is 0 Å². The number of rotatable bonds is 8. The highest BCUT2D eigenvalue weighted by Gasteiger charge is 2.11. The van der Waals surface area contributed by atoms with Gasteiger partial charge in [0, 0.05) is 11.6 Å². The summed E-state index contributed by atoms with van der Waals surface area (Å²) < 4.78 is 0. The molecule has 0 aliphatic rings. The summed E-state index contributed by atoms with van der Waals surface area (Å²) >= 11 is 0. The van der Waals surface area contributed by atoms with Crippen LogP contribution in [0, 0.1) is 0 Å². The third-order valence-electron chi connectivity index (χ3n) is 2.69. The van der Waals surface area contributed by atoms with Gasteiger partial charge in [-0.1, -0.05) is 57.1 Å². The Labute approximate surface area is 112 Å². The molecule has 0 fully saturated rings. The molecule has 0 aromatic heterocycles. The van der Waals surface area contributed by atoms with E-state index in [2.05, 4.69) is 25.7 Å². The van der Waals surface area contributed by atoms with Crippen LogP contribution in [-0.4, -0.2) is 11.9 Å². The van der Waals surface area contributed by atoms with Crippen molar-refractivity contribution in [2.75, 3.05) is 0 Å². The molecule has 1 amide bonds. The smallest absolute Gasteiger partial charge is 0.247 e. The van der Waals surface area contributed by atoms with Gasteiger partial charge in [0.2, 0.25) is 5.91 Å². The van der Waals surface area contributed by atoms with Gasteiger partial charge in [0.25, 0.3) is 0 Å². The van der Waals surface area contributed by atoms with Crippen molar-refractivity contribution in [2.24, 2.45) is 0 Å². The number of amides is 1. The maximum absolute atomic E-state index is 11.9. The predicted octanol–water partition coefficient (Wildman–Crippen LogP) is 4.15. The van der Waals surface area contributed by atoms with Gasteiger partial charge in [0.05, 0.1) is 0 Å². The van der Waals surface area contributed by atoms with Gasteiger partial charge in [-0.05, 0) is 26.7 Å². The molecular weight excluding hydrogens is 222 g/mol. The van der Waals surface area contributed by atoms with Crippen LogP contribution >= 0.6 is 0 Å². The van der Waals surface area contributed by atoms with Crippen molar-refractivity contribution in [1.82, 2.24) is 5.32 Å². The first-order valence-electron chi connectivity index (χ1n) is 6.82. The summed E-state index contributed by atoms with van der Waals surface area (Å²) in [7, 11) is 0. The quantitative estimate of drug-likeness (QED) is 0.508. The van der Waals surface area contributed by atoms with Crippen LogP contribution in [-0.2, 0) is 4.79 Å². The van der Waals surface area contributed by atoms with E-state index in [0.29, 0.717) is 6.04 Å². The summed E-state index contributed by atoms with van der Waals surface area (Å²) in [6, 6.07) is 0.306. The molecule has 0 aromatic rings. The van der Waals surface area contributed by atoms with E-state index in [9.17, 15) is 4.79 Å². The number of hydrogen-bond donors (Lipinski definition) is 1. The lowest BCUT2D eigenvalue weighted by atomic mass is 10.1. The maximum Gasteiger partial charge on any atom is 0.247 e. The van der Waals surface area contributed by atoms with E-state index in [1.807, 2.05) is 32.1 Å². The Kier molecular flexibility index (Phi) is 8.99. The van der Waals surface area contributed by atoms with Crippen molar-refractivity contribution in [2.45, 2.75) is 59.4 Å². The second kappa shape index (κ2) is 9.69. The van der Waals surface area contributed by atoms with Crippen molar-refractivity contribution in [1.29, 1.82) is 0 Å². The van der Waals surface area contributed by atoms with Gasteiger partial charge in [0.15, 0.2) is 0 Å². The molecule has 0 rings (SSSR count). The first-order valence-corrected chi connectivity index (χ1v) is 6.82. The highest BCUT2D eigenvalue weighted by atomic mass is 16.1. The van der Waals surface area contributed by atoms with Crippen LogP contribution in [0.15, 0.2) is 36.0 Å². The molecular formula is C16H27NO. The molecule has 1 N–H and O–H groups in total. The lowest BCUT2D eigenvalue weighted by Gasteiger charge is -2.17. The van der Waals surface area contributed by atoms with E-state index in [1.165, 1.54) is 0 Å². The second-order valence-corrected chi connectivity index (χ2v) is 4.80. The zero-order chi connectivity index (χ0) is 14.0. The molecule has 2 nitrogen and oxygen atoms in total. The van der Waals surface area contributed by atoms with Crippen molar-refractivity contribution < 1.29 is 4.79 Å². The summed E-state index contributed by atoms with van der Waals surface area (Å²) in [5, 5.41) is 3.09. The predicted molar refractivity (Wildman–Crippen MR) is 79.5 cm³/mol. The molecule has 0 saturated heterocycles. The molecule has 2 heteroatoms. The van der Waals surface area contributed by atoms with Crippen LogP contribution in [0.1, 0.15) is 53.4 Å². The number of carbonyl (C=O) groups excluding carboxylic acids is 1. The van der Waals surface area contributed by atoms with Crippen molar-refractivity contribution in [3.8, 4) is 0 Å². The van der Waals surface area contributed by atoms with Crippen LogP contribution in [0.5, 0.6) is 0 Å². The van der Waals surface area contributed by atoms with Gasteiger partial charge in [-0.25, -0.2) is 0 Å². The third kappa shape index (κ3) is 7.88. The summed E-state index contributed by atoms with van der Waals surface area (Å²) in [6.07, 6.45) is 9.90. The van der Waals surface area contributed by atoms with Gasteiger partial charge in [-0.2, -0.15) is 0 Å². The first-order chi connectivity index (χ1) is 8.51. The molecule has 0 aliphatic heterocycles. The highest BCUT2D eigenvalue weighted by Crippen LogP contribution is 2.06. The van der Waals surface area contributed by atoms with Crippen LogP contribution < -0.4 is 5.32 Å². The molecule has 102 valence electrons. The molecule has 0 aromatic carbocycles. The standard InChI is InChI=1S/C16H27NO/c1-6-9-15(10-7-2)17-16(18)14(5)12-8-11-13(3)4/h8,11-12,15H,3,6-7,9-10H2,1-2,4-5H3,(H,17,18)/b11-8-,14-12+. The topological polar surface area (TPSA) is 29.1 Å². The van der Waals surface area contributed by atoms with Crippen LogP contribution in [0.2, 0.25) is 0 Å². The summed E-state index contributed by atoms with van der Waals surface area (Å²) in [5.41, 5.74) is 1.72. The minimum Gasteiger partial charge on any atom is -0.350 e. The SMILES string of the molecule is C=C(C)/C=C\C=C(/C)C(=O)NC(CCC)CCC. The van der Waals surface area contributed by atoms with Crippen LogP contribution in [0.3, 0.4) is 0 Å². The fraction of sp³-hybridized carbons (Fsp3) is 0.562. The average Bonchev–Trinajstić information content (AvgIpc) is 2.28. The van der Waals surface area contributed by atoms with Gasteiger partial charge in [-0.3, -0.25) is 4.79 Å². The first kappa shape index (κ1) is 16.7. The van der Waals surface area contributed by atoms with Crippen molar-refractivity contribution in [3.05, 3.63) is 36.0 Å². The van der Waals surface area contributed by atoms with Crippen molar-refractivity contribution in [3.63, 3.8) is 0 Å². The summed E-state index contributed by atoms with van der Waals surface area (Å²) in [4.78, 5) is 11.9. The van der Waals surface area contributed by atoms with Crippen LogP contribution in [0.4, 0.5) is 0 Å². The van der Waals surface area contributed by atoms with Crippen molar-refractivity contribution >= 4 is 5.91 Å². The monoisotopic (exact) mass is 249 g/mol. The minimum absolute atomic E-state index is 0.0354. The largest absolute Gasteiger partial charge is 0.350 e. The number of nitrogens with one attached hydrogen (secondary N) is 1. The van der Waals surface area contributed by atoms with E-state index in [4.69, 9.17) is 0 Å². The Bertz CT molecular complexity index is 320. The second-order valence-electron chi connectivity index (χ2n) is 4.80. The van der Waals surface area contributed by atoms with Gasteiger partial charge in [-0.15, -0.1) is 0 Å². The Morgan fingerprint density at radius 2 is 1.78 bits per heavy atom. The Hall–Kier alpha value is -1.31. The normalized spacial score (nSPS) is 12.2. The molecule has 0 bridgehead atoms. The number of allylic oxidation sites excluding steroid dienone is 4. The van der Waals surface area contributed by atoms with E-state index in [1.54, 1.807) is 0 Å². The van der Waals surface area contributed by atoms with E-state index < -0.39 is 0 Å². The molecule has 0 unspecified atom stereocenters. The molecule has 0 atom stereocenters. The lowest BCUT2D eigenvalue weighted by molar-refractivity contribution is -0.118. The maximum atomic E-state index is 11.9. The fourth-order valence-corrected chi connectivity index (χ4v) is 1.72. The summed E-state index contributed by atoms with van der Waals surface area (Å²) in [6.45, 7) is 11.8. The molecule has 18 heavy (non-hydrogen) atoms.